The van der Waals surface area contributed by atoms with Crippen molar-refractivity contribution in [2.75, 3.05) is 27.2 Å². The van der Waals surface area contributed by atoms with Crippen LogP contribution in [-0.4, -0.2) is 59.1 Å². The minimum atomic E-state index is -0.694. The molecule has 1 N–H and O–H groups in total. The van der Waals surface area contributed by atoms with Crippen LogP contribution in [0.1, 0.15) is 22.5 Å². The minimum absolute atomic E-state index is 0.203. The highest BCUT2D eigenvalue weighted by atomic mass is 16.3. The molecule has 0 aliphatic carbocycles. The number of hydrogen-bond acceptors (Lipinski definition) is 5. The summed E-state index contributed by atoms with van der Waals surface area (Å²) in [6, 6.07) is 9.95. The van der Waals surface area contributed by atoms with E-state index in [0.717, 1.165) is 5.56 Å². The number of aliphatic hydroxyl groups excluding tert-OH is 1. The molecule has 1 fully saturated rings. The normalized spacial score (nSPS) is 24.9. The first-order chi connectivity index (χ1) is 11.1. The Kier molecular flexibility index (Phi) is 4.19. The van der Waals surface area contributed by atoms with Gasteiger partial charge in [0.15, 0.2) is 6.39 Å². The Morgan fingerprint density at radius 2 is 2.13 bits per heavy atom. The number of carbonyl (C=O) groups is 1. The van der Waals surface area contributed by atoms with Crippen LogP contribution in [-0.2, 0) is 5.54 Å². The Morgan fingerprint density at radius 3 is 2.70 bits per heavy atom. The van der Waals surface area contributed by atoms with E-state index in [1.807, 2.05) is 49.3 Å². The summed E-state index contributed by atoms with van der Waals surface area (Å²) in [5, 5.41) is 10.9. The van der Waals surface area contributed by atoms with Crippen molar-refractivity contribution in [2.45, 2.75) is 18.1 Å². The molecule has 0 bridgehead atoms. The van der Waals surface area contributed by atoms with Gasteiger partial charge in [0.05, 0.1) is 17.8 Å². The first-order valence-electron chi connectivity index (χ1n) is 7.64. The van der Waals surface area contributed by atoms with Crippen molar-refractivity contribution in [1.29, 1.82) is 0 Å². The van der Waals surface area contributed by atoms with E-state index in [1.54, 1.807) is 4.90 Å². The van der Waals surface area contributed by atoms with Crippen LogP contribution in [0.15, 0.2) is 47.3 Å². The van der Waals surface area contributed by atoms with Crippen LogP contribution < -0.4 is 0 Å². The number of carbonyl (C=O) groups excluding carboxylic acids is 1. The molecule has 2 aromatic rings. The molecule has 1 saturated heterocycles. The van der Waals surface area contributed by atoms with Gasteiger partial charge in [-0.05, 0) is 26.1 Å². The molecule has 0 spiro atoms. The highest BCUT2D eigenvalue weighted by Crippen LogP contribution is 2.37. The first kappa shape index (κ1) is 15.7. The molecule has 6 nitrogen and oxygen atoms in total. The van der Waals surface area contributed by atoms with E-state index in [4.69, 9.17) is 4.42 Å². The summed E-state index contributed by atoms with van der Waals surface area (Å²) in [5.74, 6) is -0.0313. The van der Waals surface area contributed by atoms with E-state index in [1.165, 1.54) is 12.6 Å². The topological polar surface area (TPSA) is 69.8 Å². The number of aliphatic hydroxyl groups is 1. The van der Waals surface area contributed by atoms with E-state index in [2.05, 4.69) is 4.98 Å². The van der Waals surface area contributed by atoms with Crippen molar-refractivity contribution >= 4 is 5.91 Å². The Hall–Kier alpha value is -2.18. The van der Waals surface area contributed by atoms with Crippen molar-refractivity contribution in [3.05, 3.63) is 54.2 Å². The molecule has 1 aliphatic rings. The summed E-state index contributed by atoms with van der Waals surface area (Å²) in [4.78, 5) is 19.8. The first-order valence-corrected chi connectivity index (χ1v) is 7.64. The molecule has 0 saturated carbocycles. The lowest BCUT2D eigenvalue weighted by Gasteiger charge is -2.49. The van der Waals surface area contributed by atoms with Crippen LogP contribution in [0.5, 0.6) is 0 Å². The molecule has 2 heterocycles. The molecule has 1 aliphatic heterocycles. The molecular weight excluding hydrogens is 294 g/mol. The van der Waals surface area contributed by atoms with Gasteiger partial charge in [-0.25, -0.2) is 4.98 Å². The Labute approximate surface area is 135 Å². The summed E-state index contributed by atoms with van der Waals surface area (Å²) in [7, 11) is 3.92. The van der Waals surface area contributed by atoms with Gasteiger partial charge in [0, 0.05) is 13.1 Å². The van der Waals surface area contributed by atoms with Crippen LogP contribution in [0.25, 0.3) is 0 Å². The summed E-state index contributed by atoms with van der Waals surface area (Å²) in [6.45, 7) is 0.802. The third-order valence-electron chi connectivity index (χ3n) is 4.71. The zero-order valence-corrected chi connectivity index (χ0v) is 13.3. The second-order valence-corrected chi connectivity index (χ2v) is 6.07. The number of likely N-dealkylation sites (tertiary alicyclic amines) is 1. The SMILES string of the molecule is CN(C)[C@]1(c2ccccc2)CCN(C(=O)c2cnco2)C[C@H]1O. The average Bonchev–Trinajstić information content (AvgIpc) is 3.09. The zero-order valence-electron chi connectivity index (χ0n) is 13.3. The number of hydrogen-bond donors (Lipinski definition) is 1. The number of amides is 1. The lowest BCUT2D eigenvalue weighted by molar-refractivity contribution is -0.0616. The summed E-state index contributed by atoms with van der Waals surface area (Å²) < 4.78 is 5.07. The third kappa shape index (κ3) is 2.64. The molecule has 1 amide bonds. The molecular formula is C17H21N3O3. The fourth-order valence-corrected chi connectivity index (χ4v) is 3.43. The molecule has 0 radical (unpaired) electrons. The van der Waals surface area contributed by atoms with E-state index in [0.29, 0.717) is 13.0 Å². The standard InChI is InChI=1S/C17H21N3O3/c1-19(2)17(13-6-4-3-5-7-13)8-9-20(11-15(17)21)16(22)14-10-18-12-23-14/h3-7,10,12,15,21H,8-9,11H2,1-2H3/t15-,17+/m1/s1. The van der Waals surface area contributed by atoms with E-state index in [-0.39, 0.29) is 18.2 Å². The van der Waals surface area contributed by atoms with Gasteiger partial charge < -0.3 is 14.4 Å². The summed E-state index contributed by atoms with van der Waals surface area (Å²) >= 11 is 0. The second kappa shape index (κ2) is 6.14. The van der Waals surface area contributed by atoms with Crippen LogP contribution >= 0.6 is 0 Å². The van der Waals surface area contributed by atoms with Gasteiger partial charge in [0.25, 0.3) is 5.91 Å². The van der Waals surface area contributed by atoms with Gasteiger partial charge in [-0.3, -0.25) is 9.69 Å². The maximum atomic E-state index is 12.4. The molecule has 0 unspecified atom stereocenters. The average molecular weight is 315 g/mol. The number of likely N-dealkylation sites (N-methyl/N-ethyl adjacent to an activating group) is 1. The van der Waals surface area contributed by atoms with Gasteiger partial charge >= 0.3 is 0 Å². The van der Waals surface area contributed by atoms with Crippen molar-refractivity contribution in [3.8, 4) is 0 Å². The van der Waals surface area contributed by atoms with E-state index < -0.39 is 11.6 Å². The Bertz CT molecular complexity index is 657. The van der Waals surface area contributed by atoms with Gasteiger partial charge in [-0.1, -0.05) is 30.3 Å². The molecule has 23 heavy (non-hydrogen) atoms. The number of piperidine rings is 1. The predicted octanol–water partition coefficient (Wildman–Crippen LogP) is 1.34. The Balaban J connectivity index is 1.85. The van der Waals surface area contributed by atoms with Crippen LogP contribution in [0.2, 0.25) is 0 Å². The fourth-order valence-electron chi connectivity index (χ4n) is 3.43. The maximum absolute atomic E-state index is 12.4. The molecule has 1 aromatic heterocycles. The van der Waals surface area contributed by atoms with Gasteiger partial charge in [-0.15, -0.1) is 0 Å². The molecule has 1 aromatic carbocycles. The van der Waals surface area contributed by atoms with Gasteiger partial charge in [-0.2, -0.15) is 0 Å². The zero-order chi connectivity index (χ0) is 16.4. The number of benzene rings is 1. The van der Waals surface area contributed by atoms with Crippen molar-refractivity contribution in [2.24, 2.45) is 0 Å². The fraction of sp³-hybridized carbons (Fsp3) is 0.412. The highest BCUT2D eigenvalue weighted by Gasteiger charge is 2.46. The number of rotatable bonds is 3. The van der Waals surface area contributed by atoms with Crippen molar-refractivity contribution in [3.63, 3.8) is 0 Å². The highest BCUT2D eigenvalue weighted by molar-refractivity contribution is 5.91. The lowest BCUT2D eigenvalue weighted by Crippen LogP contribution is -2.60. The number of aromatic nitrogens is 1. The maximum Gasteiger partial charge on any atom is 0.291 e. The van der Waals surface area contributed by atoms with Crippen LogP contribution in [0, 0.1) is 0 Å². The number of β-amino-alcohol motifs (C(OH)–C–C–N with tert-alkyl or cyclic N) is 1. The quantitative estimate of drug-likeness (QED) is 0.925. The van der Waals surface area contributed by atoms with Crippen molar-refractivity contribution < 1.29 is 14.3 Å². The minimum Gasteiger partial charge on any atom is -0.438 e. The molecule has 2 atom stereocenters. The lowest BCUT2D eigenvalue weighted by atomic mass is 9.77. The van der Waals surface area contributed by atoms with Crippen LogP contribution in [0.3, 0.4) is 0 Å². The summed E-state index contributed by atoms with van der Waals surface area (Å²) in [6.07, 6.45) is 2.59. The largest absolute Gasteiger partial charge is 0.438 e. The Morgan fingerprint density at radius 1 is 1.39 bits per heavy atom. The van der Waals surface area contributed by atoms with Gasteiger partial charge in [0.2, 0.25) is 5.76 Å². The number of oxazole rings is 1. The molecule has 6 heteroatoms. The summed E-state index contributed by atoms with van der Waals surface area (Å²) in [5.41, 5.74) is 0.559. The number of nitrogens with zero attached hydrogens (tertiary/aromatic N) is 3. The second-order valence-electron chi connectivity index (χ2n) is 6.07. The van der Waals surface area contributed by atoms with E-state index in [9.17, 15) is 9.90 Å². The molecule has 3 rings (SSSR count). The predicted molar refractivity (Wildman–Crippen MR) is 84.8 cm³/mol. The van der Waals surface area contributed by atoms with Gasteiger partial charge in [0.1, 0.15) is 0 Å². The van der Waals surface area contributed by atoms with Crippen molar-refractivity contribution in [1.82, 2.24) is 14.8 Å². The van der Waals surface area contributed by atoms with Crippen LogP contribution in [0.4, 0.5) is 0 Å². The monoisotopic (exact) mass is 315 g/mol. The molecule has 122 valence electrons. The third-order valence-corrected chi connectivity index (χ3v) is 4.71. The van der Waals surface area contributed by atoms with E-state index >= 15 is 0 Å². The smallest absolute Gasteiger partial charge is 0.291 e.